The molecule has 1 aromatic rings. The lowest BCUT2D eigenvalue weighted by atomic mass is 10.0. The smallest absolute Gasteiger partial charge is 0.239 e. The zero-order valence-corrected chi connectivity index (χ0v) is 19.0. The molecule has 0 aromatic carbocycles. The average Bonchev–Trinajstić information content (AvgIpc) is 3.36. The molecule has 0 unspecified atom stereocenters. The van der Waals surface area contributed by atoms with Crippen molar-refractivity contribution in [1.82, 2.24) is 14.3 Å². The Labute approximate surface area is 188 Å². The Morgan fingerprint density at radius 2 is 1.81 bits per heavy atom. The van der Waals surface area contributed by atoms with E-state index < -0.39 is 0 Å². The Balaban J connectivity index is 1.11. The lowest BCUT2D eigenvalue weighted by molar-refractivity contribution is -0.120. The van der Waals surface area contributed by atoms with Crippen LogP contribution in [-0.2, 0) is 14.9 Å². The highest BCUT2D eigenvalue weighted by molar-refractivity contribution is 7.97. The molecule has 7 nitrogen and oxygen atoms in total. The average molecular weight is 444 g/mol. The van der Waals surface area contributed by atoms with Gasteiger partial charge in [0.05, 0.1) is 5.41 Å². The second kappa shape index (κ2) is 8.19. The van der Waals surface area contributed by atoms with Gasteiger partial charge in [-0.15, -0.1) is 0 Å². The quantitative estimate of drug-likeness (QED) is 0.699. The minimum atomic E-state index is -0.289. The molecule has 5 aliphatic rings. The second-order valence-corrected chi connectivity index (χ2v) is 11.3. The molecule has 1 aromatic heterocycles. The molecule has 4 heterocycles. The monoisotopic (exact) mass is 443 g/mol. The van der Waals surface area contributed by atoms with Gasteiger partial charge in [-0.05, 0) is 51.4 Å². The molecular weight excluding hydrogens is 410 g/mol. The van der Waals surface area contributed by atoms with Crippen LogP contribution in [0.2, 0.25) is 0 Å². The third-order valence-electron chi connectivity index (χ3n) is 7.83. The molecule has 31 heavy (non-hydrogen) atoms. The zero-order valence-electron chi connectivity index (χ0n) is 18.2. The van der Waals surface area contributed by atoms with Crippen molar-refractivity contribution in [2.24, 2.45) is 0 Å². The standard InChI is InChI=1S/C23H33N5O2S/c29-21-23(9-10-23)19-15-24-22(26-20(19)28(21)17-3-1-2-4-17)25-16-5-11-27(12-6-16)31-18-7-13-30-14-8-18/h15-18H,1-14H2,(H,24,25,26). The predicted molar refractivity (Wildman–Crippen MR) is 122 cm³/mol. The van der Waals surface area contributed by atoms with Crippen LogP contribution in [-0.4, -0.2) is 63.8 Å². The number of rotatable bonds is 5. The lowest BCUT2D eigenvalue weighted by Gasteiger charge is -2.34. The summed E-state index contributed by atoms with van der Waals surface area (Å²) in [5, 5.41) is 4.31. The molecule has 3 aliphatic heterocycles. The number of carbonyl (C=O) groups is 1. The van der Waals surface area contributed by atoms with E-state index in [0.717, 1.165) is 76.2 Å². The highest BCUT2D eigenvalue weighted by Crippen LogP contribution is 2.57. The summed E-state index contributed by atoms with van der Waals surface area (Å²) in [6.07, 6.45) is 13.1. The van der Waals surface area contributed by atoms with Gasteiger partial charge in [0.1, 0.15) is 5.82 Å². The van der Waals surface area contributed by atoms with Gasteiger partial charge < -0.3 is 10.1 Å². The molecule has 1 spiro atoms. The summed E-state index contributed by atoms with van der Waals surface area (Å²) >= 11 is 2.04. The maximum atomic E-state index is 13.3. The van der Waals surface area contributed by atoms with Crippen LogP contribution in [0.3, 0.4) is 0 Å². The molecular formula is C23H33N5O2S. The molecule has 1 amide bonds. The number of anilines is 2. The van der Waals surface area contributed by atoms with Crippen molar-refractivity contribution < 1.29 is 9.53 Å². The minimum absolute atomic E-state index is 0.289. The summed E-state index contributed by atoms with van der Waals surface area (Å²) in [6.45, 7) is 4.01. The zero-order chi connectivity index (χ0) is 20.8. The molecule has 0 bridgehead atoms. The fraction of sp³-hybridized carbons (Fsp3) is 0.783. The van der Waals surface area contributed by atoms with Gasteiger partial charge in [-0.1, -0.05) is 24.8 Å². The molecule has 0 radical (unpaired) electrons. The first-order valence-electron chi connectivity index (χ1n) is 12.2. The van der Waals surface area contributed by atoms with Gasteiger partial charge in [-0.3, -0.25) is 14.0 Å². The Kier molecular flexibility index (Phi) is 5.35. The number of aromatic nitrogens is 2. The van der Waals surface area contributed by atoms with E-state index in [0.29, 0.717) is 29.2 Å². The van der Waals surface area contributed by atoms with Crippen LogP contribution >= 0.6 is 11.9 Å². The van der Waals surface area contributed by atoms with Crippen molar-refractivity contribution in [3.05, 3.63) is 11.8 Å². The van der Waals surface area contributed by atoms with Gasteiger partial charge in [0.2, 0.25) is 11.9 Å². The van der Waals surface area contributed by atoms with Crippen molar-refractivity contribution in [3.63, 3.8) is 0 Å². The van der Waals surface area contributed by atoms with Crippen molar-refractivity contribution in [2.75, 3.05) is 36.5 Å². The summed E-state index contributed by atoms with van der Waals surface area (Å²) in [7, 11) is 0. The lowest BCUT2D eigenvalue weighted by Crippen LogP contribution is -2.39. The number of hydrogen-bond donors (Lipinski definition) is 1. The highest BCUT2D eigenvalue weighted by atomic mass is 32.2. The van der Waals surface area contributed by atoms with Crippen LogP contribution in [0.5, 0.6) is 0 Å². The molecule has 4 fully saturated rings. The number of carbonyl (C=O) groups excluding carboxylic acids is 1. The van der Waals surface area contributed by atoms with Crippen molar-refractivity contribution in [1.29, 1.82) is 0 Å². The number of hydrogen-bond acceptors (Lipinski definition) is 7. The Hall–Kier alpha value is -1.38. The Bertz CT molecular complexity index is 827. The Morgan fingerprint density at radius 3 is 2.52 bits per heavy atom. The van der Waals surface area contributed by atoms with Crippen LogP contribution in [0.15, 0.2) is 6.20 Å². The summed E-state index contributed by atoms with van der Waals surface area (Å²) in [6, 6.07) is 0.732. The van der Waals surface area contributed by atoms with Crippen LogP contribution in [0.4, 0.5) is 11.8 Å². The van der Waals surface area contributed by atoms with E-state index in [4.69, 9.17) is 9.72 Å². The molecule has 8 heteroatoms. The molecule has 2 saturated heterocycles. The number of nitrogens with zero attached hydrogens (tertiary/aromatic N) is 4. The maximum absolute atomic E-state index is 13.3. The van der Waals surface area contributed by atoms with Crippen molar-refractivity contribution in [2.45, 2.75) is 87.0 Å². The van der Waals surface area contributed by atoms with E-state index in [2.05, 4.69) is 19.5 Å². The largest absolute Gasteiger partial charge is 0.381 e. The third-order valence-corrected chi connectivity index (χ3v) is 9.27. The predicted octanol–water partition coefficient (Wildman–Crippen LogP) is 3.50. The fourth-order valence-electron chi connectivity index (χ4n) is 5.80. The van der Waals surface area contributed by atoms with Gasteiger partial charge in [0, 0.05) is 55.4 Å². The van der Waals surface area contributed by atoms with Crippen LogP contribution in [0.1, 0.15) is 69.8 Å². The molecule has 2 saturated carbocycles. The topological polar surface area (TPSA) is 70.6 Å². The number of amides is 1. The van der Waals surface area contributed by atoms with Gasteiger partial charge in [-0.25, -0.2) is 4.98 Å². The van der Waals surface area contributed by atoms with E-state index in [1.165, 1.54) is 25.7 Å². The minimum Gasteiger partial charge on any atom is -0.381 e. The third kappa shape index (κ3) is 3.74. The van der Waals surface area contributed by atoms with E-state index in [1.54, 1.807) is 0 Å². The van der Waals surface area contributed by atoms with Crippen molar-refractivity contribution >= 4 is 29.6 Å². The normalized spacial score (nSPS) is 27.2. The molecule has 6 rings (SSSR count). The number of nitrogens with one attached hydrogen (secondary N) is 1. The fourth-order valence-corrected chi connectivity index (χ4v) is 7.04. The summed E-state index contributed by atoms with van der Waals surface area (Å²) < 4.78 is 8.02. The Morgan fingerprint density at radius 1 is 1.06 bits per heavy atom. The highest BCUT2D eigenvalue weighted by Gasteiger charge is 2.61. The first-order valence-corrected chi connectivity index (χ1v) is 13.0. The maximum Gasteiger partial charge on any atom is 0.239 e. The first kappa shape index (κ1) is 20.2. The van der Waals surface area contributed by atoms with Gasteiger partial charge >= 0.3 is 0 Å². The van der Waals surface area contributed by atoms with Crippen molar-refractivity contribution in [3.8, 4) is 0 Å². The first-order chi connectivity index (χ1) is 15.2. The van der Waals surface area contributed by atoms with Crippen LogP contribution in [0.25, 0.3) is 0 Å². The van der Waals surface area contributed by atoms with Crippen LogP contribution < -0.4 is 10.2 Å². The van der Waals surface area contributed by atoms with Gasteiger partial charge in [0.25, 0.3) is 0 Å². The summed E-state index contributed by atoms with van der Waals surface area (Å²) in [4.78, 5) is 24.9. The number of fused-ring (bicyclic) bond motifs is 2. The molecule has 2 aliphatic carbocycles. The van der Waals surface area contributed by atoms with Crippen LogP contribution in [0, 0.1) is 0 Å². The van der Waals surface area contributed by atoms with Gasteiger partial charge in [-0.2, -0.15) is 4.98 Å². The molecule has 168 valence electrons. The molecule has 0 atom stereocenters. The summed E-state index contributed by atoms with van der Waals surface area (Å²) in [5.41, 5.74) is 0.793. The number of ether oxygens (including phenoxy) is 1. The number of piperidine rings is 1. The SMILES string of the molecule is O=C1N(C2CCCC2)c2nc(NC3CCN(SC4CCOCC4)CC3)ncc2C12CC2. The van der Waals surface area contributed by atoms with E-state index in [9.17, 15) is 4.79 Å². The van der Waals surface area contributed by atoms with E-state index >= 15 is 0 Å². The van der Waals surface area contributed by atoms with E-state index in [1.807, 2.05) is 18.1 Å². The van der Waals surface area contributed by atoms with E-state index in [-0.39, 0.29) is 5.41 Å². The second-order valence-electron chi connectivity index (χ2n) is 9.89. The van der Waals surface area contributed by atoms with Gasteiger partial charge in [0.15, 0.2) is 0 Å². The summed E-state index contributed by atoms with van der Waals surface area (Å²) in [5.74, 6) is 1.89. The molecule has 1 N–H and O–H groups in total.